The highest BCUT2D eigenvalue weighted by atomic mass is 19.4. The molecular weight excluding hydrogens is 439 g/mol. The standard InChI is InChI=1S/C21H26F3N7O2/c22-21(23,24)16-8-15-18(19(25)28-16)29-20(33)31(15)11-13-3-4-17(27-9-13)26-5-7-30-6-1-2-14(10-30)12-32/h3-4,8-9,14,32H,1-2,5-7,10-12H2,(H2,25,28)(H,26,27)(H,29,33). The van der Waals surface area contributed by atoms with Gasteiger partial charge in [-0.1, -0.05) is 6.07 Å². The molecule has 3 aromatic heterocycles. The summed E-state index contributed by atoms with van der Waals surface area (Å²) in [6.45, 7) is 3.68. The van der Waals surface area contributed by atoms with Gasteiger partial charge in [0.2, 0.25) is 0 Å². The number of nitrogens with zero attached hydrogens (tertiary/aromatic N) is 4. The Hall–Kier alpha value is -3.12. The van der Waals surface area contributed by atoms with Gasteiger partial charge in [0, 0.05) is 32.4 Å². The number of hydrogen-bond donors (Lipinski definition) is 4. The number of fused-ring (bicyclic) bond motifs is 1. The van der Waals surface area contributed by atoms with Crippen molar-refractivity contribution < 1.29 is 18.3 Å². The number of alkyl halides is 3. The van der Waals surface area contributed by atoms with Crippen molar-refractivity contribution >= 4 is 22.7 Å². The molecule has 0 saturated carbocycles. The van der Waals surface area contributed by atoms with Gasteiger partial charge in [0.05, 0.1) is 12.1 Å². The Balaban J connectivity index is 1.42. The molecule has 1 unspecified atom stereocenters. The fraction of sp³-hybridized carbons (Fsp3) is 0.476. The summed E-state index contributed by atoms with van der Waals surface area (Å²) in [6, 6.07) is 4.34. The average molecular weight is 465 g/mol. The third-order valence-electron chi connectivity index (χ3n) is 5.85. The van der Waals surface area contributed by atoms with Gasteiger partial charge in [0.15, 0.2) is 0 Å². The molecule has 5 N–H and O–H groups in total. The zero-order chi connectivity index (χ0) is 23.6. The second-order valence-electron chi connectivity index (χ2n) is 8.27. The summed E-state index contributed by atoms with van der Waals surface area (Å²) in [5.41, 5.74) is 4.65. The van der Waals surface area contributed by atoms with E-state index >= 15 is 0 Å². The van der Waals surface area contributed by atoms with Gasteiger partial charge in [-0.2, -0.15) is 13.2 Å². The first-order valence-electron chi connectivity index (χ1n) is 10.7. The molecule has 4 heterocycles. The smallest absolute Gasteiger partial charge is 0.396 e. The van der Waals surface area contributed by atoms with Gasteiger partial charge in [-0.15, -0.1) is 0 Å². The first-order valence-corrected chi connectivity index (χ1v) is 10.7. The van der Waals surface area contributed by atoms with E-state index in [0.29, 0.717) is 23.8 Å². The Morgan fingerprint density at radius 1 is 1.33 bits per heavy atom. The van der Waals surface area contributed by atoms with E-state index in [-0.39, 0.29) is 30.0 Å². The normalized spacial score (nSPS) is 17.5. The van der Waals surface area contributed by atoms with Crippen molar-refractivity contribution in [3.63, 3.8) is 0 Å². The lowest BCUT2D eigenvalue weighted by Gasteiger charge is -2.31. The van der Waals surface area contributed by atoms with Gasteiger partial charge >= 0.3 is 11.9 Å². The predicted octanol–water partition coefficient (Wildman–Crippen LogP) is 1.89. The van der Waals surface area contributed by atoms with Crippen molar-refractivity contribution in [2.24, 2.45) is 5.92 Å². The summed E-state index contributed by atoms with van der Waals surface area (Å²) >= 11 is 0. The molecule has 0 spiro atoms. The van der Waals surface area contributed by atoms with E-state index in [2.05, 4.69) is 25.2 Å². The maximum absolute atomic E-state index is 13.1. The van der Waals surface area contributed by atoms with Gasteiger partial charge in [0.1, 0.15) is 22.8 Å². The number of piperidine rings is 1. The number of likely N-dealkylation sites (tertiary alicyclic amines) is 1. The summed E-state index contributed by atoms with van der Waals surface area (Å²) in [5.74, 6) is 0.614. The molecule has 1 saturated heterocycles. The van der Waals surface area contributed by atoms with E-state index < -0.39 is 17.6 Å². The number of aromatic amines is 1. The van der Waals surface area contributed by atoms with E-state index in [4.69, 9.17) is 5.73 Å². The number of anilines is 2. The Kier molecular flexibility index (Phi) is 6.56. The second kappa shape index (κ2) is 9.40. The number of nitrogen functional groups attached to an aromatic ring is 1. The molecule has 0 aromatic carbocycles. The van der Waals surface area contributed by atoms with Crippen molar-refractivity contribution in [3.8, 4) is 0 Å². The molecule has 1 aliphatic rings. The van der Waals surface area contributed by atoms with Gasteiger partial charge < -0.3 is 26.0 Å². The molecular formula is C21H26F3N7O2. The van der Waals surface area contributed by atoms with Crippen molar-refractivity contribution in [2.45, 2.75) is 25.6 Å². The Morgan fingerprint density at radius 2 is 2.15 bits per heavy atom. The first kappa shape index (κ1) is 23.1. The maximum Gasteiger partial charge on any atom is 0.433 e. The van der Waals surface area contributed by atoms with Crippen LogP contribution in [0.25, 0.3) is 11.0 Å². The van der Waals surface area contributed by atoms with Crippen molar-refractivity contribution in [1.82, 2.24) is 24.4 Å². The van der Waals surface area contributed by atoms with Crippen LogP contribution in [-0.2, 0) is 12.7 Å². The van der Waals surface area contributed by atoms with Crippen LogP contribution in [0.2, 0.25) is 0 Å². The lowest BCUT2D eigenvalue weighted by molar-refractivity contribution is -0.141. The lowest BCUT2D eigenvalue weighted by Crippen LogP contribution is -2.39. The third kappa shape index (κ3) is 5.28. The van der Waals surface area contributed by atoms with Crippen LogP contribution in [0, 0.1) is 5.92 Å². The minimum absolute atomic E-state index is 0.0309. The highest BCUT2D eigenvalue weighted by molar-refractivity contribution is 5.85. The van der Waals surface area contributed by atoms with Crippen molar-refractivity contribution in [1.29, 1.82) is 0 Å². The molecule has 0 radical (unpaired) electrons. The van der Waals surface area contributed by atoms with Gasteiger partial charge in [0.25, 0.3) is 0 Å². The number of aromatic nitrogens is 4. The fourth-order valence-electron chi connectivity index (χ4n) is 4.13. The molecule has 1 aliphatic heterocycles. The zero-order valence-electron chi connectivity index (χ0n) is 17.9. The number of nitrogens with one attached hydrogen (secondary N) is 2. The topological polar surface area (TPSA) is 125 Å². The molecule has 0 aliphatic carbocycles. The van der Waals surface area contributed by atoms with Gasteiger partial charge in [-0.05, 0) is 43.0 Å². The molecule has 1 atom stereocenters. The Labute approximate surface area is 187 Å². The van der Waals surface area contributed by atoms with E-state index in [1.807, 2.05) is 0 Å². The van der Waals surface area contributed by atoms with E-state index in [9.17, 15) is 23.1 Å². The number of halogens is 3. The summed E-state index contributed by atoms with van der Waals surface area (Å²) in [7, 11) is 0. The number of pyridine rings is 2. The summed E-state index contributed by atoms with van der Waals surface area (Å²) < 4.78 is 40.5. The van der Waals surface area contributed by atoms with Crippen molar-refractivity contribution in [3.05, 3.63) is 46.1 Å². The molecule has 0 amide bonds. The highest BCUT2D eigenvalue weighted by Crippen LogP contribution is 2.31. The molecule has 178 valence electrons. The highest BCUT2D eigenvalue weighted by Gasteiger charge is 2.34. The monoisotopic (exact) mass is 465 g/mol. The van der Waals surface area contributed by atoms with Crippen LogP contribution in [0.3, 0.4) is 0 Å². The first-order chi connectivity index (χ1) is 15.7. The van der Waals surface area contributed by atoms with Crippen LogP contribution in [0.5, 0.6) is 0 Å². The minimum atomic E-state index is -4.68. The summed E-state index contributed by atoms with van der Waals surface area (Å²) in [5, 5.41) is 12.6. The van der Waals surface area contributed by atoms with Crippen LogP contribution >= 0.6 is 0 Å². The van der Waals surface area contributed by atoms with Gasteiger partial charge in [-0.3, -0.25) is 4.57 Å². The largest absolute Gasteiger partial charge is 0.433 e. The molecule has 9 nitrogen and oxygen atoms in total. The van der Waals surface area contributed by atoms with Crippen LogP contribution in [-0.4, -0.2) is 62.3 Å². The molecule has 1 fully saturated rings. The molecule has 0 bridgehead atoms. The van der Waals surface area contributed by atoms with Crippen molar-refractivity contribution in [2.75, 3.05) is 43.8 Å². The Bertz CT molecular complexity index is 1160. The SMILES string of the molecule is Nc1nc(C(F)(F)F)cc2c1[nH]c(=O)n2Cc1ccc(NCCN2CCCC(CO)C2)nc1. The predicted molar refractivity (Wildman–Crippen MR) is 118 cm³/mol. The number of rotatable bonds is 7. The van der Waals surface area contributed by atoms with Crippen LogP contribution in [0.1, 0.15) is 24.1 Å². The maximum atomic E-state index is 13.1. The van der Waals surface area contributed by atoms with Gasteiger partial charge in [-0.25, -0.2) is 14.8 Å². The molecule has 12 heteroatoms. The number of nitrogens with two attached hydrogens (primary N) is 1. The number of aliphatic hydroxyl groups excluding tert-OH is 1. The zero-order valence-corrected chi connectivity index (χ0v) is 17.9. The summed E-state index contributed by atoms with van der Waals surface area (Å²) in [6.07, 6.45) is -0.963. The lowest BCUT2D eigenvalue weighted by atomic mass is 9.99. The summed E-state index contributed by atoms with van der Waals surface area (Å²) in [4.78, 5) is 24.8. The number of imidazole rings is 1. The van der Waals surface area contributed by atoms with Crippen LogP contribution in [0.15, 0.2) is 29.2 Å². The van der Waals surface area contributed by atoms with Crippen LogP contribution < -0.4 is 16.7 Å². The molecule has 3 aromatic rings. The number of H-pyrrole nitrogens is 1. The van der Waals surface area contributed by atoms with E-state index in [0.717, 1.165) is 38.5 Å². The second-order valence-corrected chi connectivity index (χ2v) is 8.27. The molecule has 33 heavy (non-hydrogen) atoms. The fourth-order valence-corrected chi connectivity index (χ4v) is 4.13. The molecule has 4 rings (SSSR count). The third-order valence-corrected chi connectivity index (χ3v) is 5.85. The average Bonchev–Trinajstić information content (AvgIpc) is 3.10. The van der Waals surface area contributed by atoms with E-state index in [1.54, 1.807) is 18.3 Å². The number of hydrogen-bond acceptors (Lipinski definition) is 7. The quantitative estimate of drug-likeness (QED) is 0.420. The minimum Gasteiger partial charge on any atom is -0.396 e. The Morgan fingerprint density at radius 3 is 2.85 bits per heavy atom. The van der Waals surface area contributed by atoms with E-state index in [1.165, 1.54) is 4.57 Å². The number of aliphatic hydroxyl groups is 1. The van der Waals surface area contributed by atoms with Crippen LogP contribution in [0.4, 0.5) is 24.8 Å².